The number of pyridine rings is 1. The summed E-state index contributed by atoms with van der Waals surface area (Å²) in [7, 11) is 3.73. The molecule has 0 aliphatic heterocycles. The first-order chi connectivity index (χ1) is 11.1. The number of hydrogen-bond donors (Lipinski definition) is 1. The Morgan fingerprint density at radius 3 is 2.78 bits per heavy atom. The Balaban J connectivity index is 1.94. The van der Waals surface area contributed by atoms with Crippen LogP contribution >= 0.6 is 0 Å². The summed E-state index contributed by atoms with van der Waals surface area (Å²) in [5.41, 5.74) is 3.10. The van der Waals surface area contributed by atoms with Crippen LogP contribution in [0.1, 0.15) is 15.9 Å². The Morgan fingerprint density at radius 1 is 1.17 bits per heavy atom. The van der Waals surface area contributed by atoms with Crippen LogP contribution in [0.3, 0.4) is 0 Å². The molecule has 3 aromatic rings. The van der Waals surface area contributed by atoms with Gasteiger partial charge >= 0.3 is 0 Å². The van der Waals surface area contributed by atoms with Gasteiger partial charge in [-0.2, -0.15) is 0 Å². The van der Waals surface area contributed by atoms with Gasteiger partial charge in [-0.05, 0) is 36.8 Å². The minimum absolute atomic E-state index is 0.201. The van der Waals surface area contributed by atoms with Crippen LogP contribution in [0.15, 0.2) is 43.0 Å². The zero-order valence-electron chi connectivity index (χ0n) is 13.2. The minimum atomic E-state index is -0.201. The van der Waals surface area contributed by atoms with Gasteiger partial charge in [0.1, 0.15) is 12.0 Å². The smallest absolute Gasteiger partial charge is 0.255 e. The van der Waals surface area contributed by atoms with Gasteiger partial charge in [-0.25, -0.2) is 9.97 Å². The van der Waals surface area contributed by atoms with Crippen LogP contribution < -0.4 is 10.2 Å². The Morgan fingerprint density at radius 2 is 2.00 bits per heavy atom. The molecule has 0 spiro atoms. The van der Waals surface area contributed by atoms with E-state index in [0.29, 0.717) is 17.1 Å². The summed E-state index contributed by atoms with van der Waals surface area (Å²) in [6, 6.07) is 7.40. The summed E-state index contributed by atoms with van der Waals surface area (Å²) in [5, 5.41) is 3.84. The van der Waals surface area contributed by atoms with Crippen molar-refractivity contribution in [1.82, 2.24) is 15.0 Å². The number of carbonyl (C=O) groups excluding carboxylic acids is 1. The molecule has 116 valence electrons. The summed E-state index contributed by atoms with van der Waals surface area (Å²) in [6.45, 7) is 2.00. The molecule has 1 aromatic carbocycles. The third-order valence-corrected chi connectivity index (χ3v) is 3.58. The van der Waals surface area contributed by atoms with Crippen molar-refractivity contribution in [2.24, 2.45) is 0 Å². The second-order valence-electron chi connectivity index (χ2n) is 5.47. The van der Waals surface area contributed by atoms with Crippen molar-refractivity contribution in [3.05, 3.63) is 54.1 Å². The quantitative estimate of drug-likeness (QED) is 0.805. The van der Waals surface area contributed by atoms with E-state index >= 15 is 0 Å². The maximum atomic E-state index is 12.5. The number of nitrogens with one attached hydrogen (secondary N) is 1. The summed E-state index contributed by atoms with van der Waals surface area (Å²) in [4.78, 5) is 26.8. The maximum absolute atomic E-state index is 12.5. The predicted molar refractivity (Wildman–Crippen MR) is 90.8 cm³/mol. The average molecular weight is 307 g/mol. The van der Waals surface area contributed by atoms with Gasteiger partial charge in [0.05, 0.1) is 11.7 Å². The van der Waals surface area contributed by atoms with E-state index < -0.39 is 0 Å². The lowest BCUT2D eigenvalue weighted by atomic mass is 10.1. The molecular formula is C17H17N5O. The van der Waals surface area contributed by atoms with Crippen molar-refractivity contribution in [1.29, 1.82) is 0 Å². The predicted octanol–water partition coefficient (Wildman–Crippen LogP) is 2.65. The Bertz CT molecular complexity index is 876. The SMILES string of the molecule is Cc1ccnc2ccc(C(=O)Nc3cncnc3N(C)C)cc12. The number of aromatic nitrogens is 3. The fourth-order valence-electron chi connectivity index (χ4n) is 2.39. The second kappa shape index (κ2) is 6.00. The van der Waals surface area contributed by atoms with Crippen molar-refractivity contribution in [2.45, 2.75) is 6.92 Å². The molecule has 0 atom stereocenters. The number of anilines is 2. The summed E-state index contributed by atoms with van der Waals surface area (Å²) < 4.78 is 0. The van der Waals surface area contributed by atoms with E-state index in [-0.39, 0.29) is 5.91 Å². The average Bonchev–Trinajstić information content (AvgIpc) is 2.55. The molecule has 0 aliphatic rings. The molecule has 0 saturated carbocycles. The van der Waals surface area contributed by atoms with E-state index in [1.165, 1.54) is 6.33 Å². The molecule has 23 heavy (non-hydrogen) atoms. The van der Waals surface area contributed by atoms with Crippen LogP contribution in [0, 0.1) is 6.92 Å². The molecule has 2 heterocycles. The molecule has 0 saturated heterocycles. The summed E-state index contributed by atoms with van der Waals surface area (Å²) in [6.07, 6.45) is 4.81. The fourth-order valence-corrected chi connectivity index (χ4v) is 2.39. The lowest BCUT2D eigenvalue weighted by Crippen LogP contribution is -2.18. The number of amides is 1. The summed E-state index contributed by atoms with van der Waals surface area (Å²) >= 11 is 0. The molecule has 2 aromatic heterocycles. The molecule has 0 radical (unpaired) electrons. The van der Waals surface area contributed by atoms with Crippen LogP contribution in [-0.4, -0.2) is 35.0 Å². The number of carbonyl (C=O) groups is 1. The second-order valence-corrected chi connectivity index (χ2v) is 5.47. The van der Waals surface area contributed by atoms with Crippen molar-refractivity contribution in [2.75, 3.05) is 24.3 Å². The van der Waals surface area contributed by atoms with Crippen molar-refractivity contribution >= 4 is 28.3 Å². The number of aryl methyl sites for hydroxylation is 1. The first-order valence-corrected chi connectivity index (χ1v) is 7.20. The number of benzene rings is 1. The van der Waals surface area contributed by atoms with Gasteiger partial charge < -0.3 is 10.2 Å². The Labute approximate surface area is 134 Å². The van der Waals surface area contributed by atoms with Gasteiger partial charge in [-0.15, -0.1) is 0 Å². The number of hydrogen-bond acceptors (Lipinski definition) is 5. The topological polar surface area (TPSA) is 71.0 Å². The third-order valence-electron chi connectivity index (χ3n) is 3.58. The standard InChI is InChI=1S/C17H17N5O/c1-11-6-7-19-14-5-4-12(8-13(11)14)17(23)21-15-9-18-10-20-16(15)22(2)3/h4-10H,1-3H3,(H,21,23). The Kier molecular flexibility index (Phi) is 3.89. The molecule has 1 N–H and O–H groups in total. The minimum Gasteiger partial charge on any atom is -0.361 e. The van der Waals surface area contributed by atoms with Gasteiger partial charge in [-0.3, -0.25) is 9.78 Å². The monoisotopic (exact) mass is 307 g/mol. The Hall–Kier alpha value is -3.02. The van der Waals surface area contributed by atoms with E-state index in [0.717, 1.165) is 16.5 Å². The van der Waals surface area contributed by atoms with Crippen LogP contribution in [0.4, 0.5) is 11.5 Å². The van der Waals surface area contributed by atoms with Gasteiger partial charge in [0.15, 0.2) is 5.82 Å². The largest absolute Gasteiger partial charge is 0.361 e. The van der Waals surface area contributed by atoms with Crippen LogP contribution in [-0.2, 0) is 0 Å². The zero-order chi connectivity index (χ0) is 16.4. The first kappa shape index (κ1) is 14.9. The maximum Gasteiger partial charge on any atom is 0.255 e. The lowest BCUT2D eigenvalue weighted by molar-refractivity contribution is 0.102. The first-order valence-electron chi connectivity index (χ1n) is 7.20. The highest BCUT2D eigenvalue weighted by atomic mass is 16.1. The number of rotatable bonds is 3. The molecular weight excluding hydrogens is 290 g/mol. The molecule has 3 rings (SSSR count). The number of nitrogens with zero attached hydrogens (tertiary/aromatic N) is 4. The van der Waals surface area contributed by atoms with Crippen molar-refractivity contribution < 1.29 is 4.79 Å². The summed E-state index contributed by atoms with van der Waals surface area (Å²) in [5.74, 6) is 0.458. The van der Waals surface area contributed by atoms with Crippen LogP contribution in [0.25, 0.3) is 10.9 Å². The van der Waals surface area contributed by atoms with Crippen LogP contribution in [0.2, 0.25) is 0 Å². The molecule has 0 unspecified atom stereocenters. The van der Waals surface area contributed by atoms with Gasteiger partial charge in [0, 0.05) is 31.2 Å². The zero-order valence-corrected chi connectivity index (χ0v) is 13.2. The highest BCUT2D eigenvalue weighted by molar-refractivity contribution is 6.07. The highest BCUT2D eigenvalue weighted by Crippen LogP contribution is 2.22. The van der Waals surface area contributed by atoms with Crippen LogP contribution in [0.5, 0.6) is 0 Å². The molecule has 0 bridgehead atoms. The van der Waals surface area contributed by atoms with Gasteiger partial charge in [-0.1, -0.05) is 0 Å². The van der Waals surface area contributed by atoms with E-state index in [1.54, 1.807) is 18.5 Å². The van der Waals surface area contributed by atoms with E-state index in [2.05, 4.69) is 20.3 Å². The van der Waals surface area contributed by atoms with Gasteiger partial charge in [0.2, 0.25) is 0 Å². The lowest BCUT2D eigenvalue weighted by Gasteiger charge is -2.15. The van der Waals surface area contributed by atoms with E-state index in [4.69, 9.17) is 0 Å². The van der Waals surface area contributed by atoms with E-state index in [1.807, 2.05) is 44.1 Å². The molecule has 0 fully saturated rings. The molecule has 6 nitrogen and oxygen atoms in total. The third kappa shape index (κ3) is 2.96. The fraction of sp³-hybridized carbons (Fsp3) is 0.176. The van der Waals surface area contributed by atoms with Crippen molar-refractivity contribution in [3.63, 3.8) is 0 Å². The normalized spacial score (nSPS) is 10.6. The molecule has 1 amide bonds. The number of fused-ring (bicyclic) bond motifs is 1. The van der Waals surface area contributed by atoms with E-state index in [9.17, 15) is 4.79 Å². The highest BCUT2D eigenvalue weighted by Gasteiger charge is 2.12. The molecule has 0 aliphatic carbocycles. The molecule has 6 heteroatoms. The van der Waals surface area contributed by atoms with Crippen molar-refractivity contribution in [3.8, 4) is 0 Å². The van der Waals surface area contributed by atoms with Gasteiger partial charge in [0.25, 0.3) is 5.91 Å².